The molecular formula is C42H42Bi3F12O13. The van der Waals surface area contributed by atoms with Gasteiger partial charge in [0.2, 0.25) is 0 Å². The molecule has 0 saturated carbocycles. The Morgan fingerprint density at radius 1 is 0.486 bits per heavy atom. The molecule has 387 valence electrons. The van der Waals surface area contributed by atoms with Gasteiger partial charge in [-0.1, -0.05) is 6.92 Å². The molecule has 1 unspecified atom stereocenters. The molecule has 3 fully saturated rings. The van der Waals surface area contributed by atoms with Gasteiger partial charge in [-0.3, -0.25) is 0 Å². The number of hydrogen-bond acceptors (Lipinski definition) is 13. The molecule has 0 bridgehead atoms. The predicted molar refractivity (Wildman–Crippen MR) is 219 cm³/mol. The van der Waals surface area contributed by atoms with Crippen molar-refractivity contribution < 1.29 is 109 Å². The first-order valence-corrected chi connectivity index (χ1v) is 25.4. The summed E-state index contributed by atoms with van der Waals surface area (Å²) in [6.45, 7) is 7.21. The molecule has 3 aromatic carbocycles. The summed E-state index contributed by atoms with van der Waals surface area (Å²) in [5.74, 6) is -29.5. The fraction of sp³-hybridized carbons (Fsp3) is 0.500. The van der Waals surface area contributed by atoms with Crippen molar-refractivity contribution in [3.63, 3.8) is 0 Å². The fourth-order valence-corrected chi connectivity index (χ4v) is 7.34. The number of unbranched alkanes of at least 4 members (excludes halogenated alkanes) is 3. The van der Waals surface area contributed by atoms with Gasteiger partial charge in [-0.25, -0.2) is 0 Å². The number of rotatable bonds is 21. The zero-order valence-corrected chi connectivity index (χ0v) is 48.4. The van der Waals surface area contributed by atoms with Crippen LogP contribution in [-0.4, -0.2) is 166 Å². The van der Waals surface area contributed by atoms with Gasteiger partial charge in [-0.2, -0.15) is 0 Å². The normalized spacial score (nSPS) is 16.0. The molecule has 28 heteroatoms. The number of ether oxygens (including phenoxy) is 7. The molecule has 3 radical (unpaired) electrons. The minimum absolute atomic E-state index is 0.117. The third kappa shape index (κ3) is 14.4. The van der Waals surface area contributed by atoms with E-state index in [1.807, 2.05) is 6.92 Å². The van der Waals surface area contributed by atoms with Crippen molar-refractivity contribution in [2.24, 2.45) is 10.8 Å². The Morgan fingerprint density at radius 2 is 0.814 bits per heavy atom. The Labute approximate surface area is 438 Å². The van der Waals surface area contributed by atoms with Gasteiger partial charge in [-0.05, 0) is 6.42 Å². The average molecular weight is 1610 g/mol. The molecule has 3 aliphatic rings. The standard InChI is InChI=1S/C19H24F4O5.C13H12F4O4.C10H6F4O4.3Bi.3H/c1-2-19(10-27-11-19)9-26-7-5-3-4-6-8-28-17-15(22)13(20)12(18(24)25)14(21)16(17)23;1-2-13(3-20-4-13)5-21-11-9(16)7(14)6(12(18)19)8(15)10(11)17;11-5-4(10(15)16)6(12)8(14)9(7(5)13)18-2-3-1-17-3;;;;;;/h2-11H2,1H3,(H,24,25);2-5H2,1H3,(H,18,19);3H,1-2H2,(H,15,16);;;;;;/q;;;3*+1;;;/p-3. The summed E-state index contributed by atoms with van der Waals surface area (Å²) < 4.78 is 213. The maximum absolute atomic E-state index is 13.9. The van der Waals surface area contributed by atoms with E-state index < -0.39 is 127 Å². The summed E-state index contributed by atoms with van der Waals surface area (Å²) in [5, 5.41) is 0. The third-order valence-corrected chi connectivity index (χ3v) is 13.0. The molecule has 6 rings (SSSR count). The van der Waals surface area contributed by atoms with E-state index in [4.69, 9.17) is 28.4 Å². The molecule has 13 nitrogen and oxygen atoms in total. The quantitative estimate of drug-likeness (QED) is 0.0282. The Kier molecular flexibility index (Phi) is 23.4. The summed E-state index contributed by atoms with van der Waals surface area (Å²) in [4.78, 5) is 33.6. The summed E-state index contributed by atoms with van der Waals surface area (Å²) in [6.07, 6.45) is 4.06. The van der Waals surface area contributed by atoms with E-state index in [-0.39, 0.29) is 107 Å². The van der Waals surface area contributed by atoms with E-state index in [2.05, 4.69) is 20.1 Å². The number of benzene rings is 3. The van der Waals surface area contributed by atoms with Gasteiger partial charge in [-0.15, -0.1) is 0 Å². The second kappa shape index (κ2) is 27.4. The molecule has 3 aliphatic heterocycles. The van der Waals surface area contributed by atoms with Crippen molar-refractivity contribution in [1.29, 1.82) is 0 Å². The number of carbonyl (C=O) groups excluding carboxylic acids is 3. The van der Waals surface area contributed by atoms with Crippen molar-refractivity contribution in [3.05, 3.63) is 86.5 Å². The number of hydrogen-bond donors (Lipinski definition) is 0. The molecule has 3 aromatic rings. The SMILES string of the molecule is CCC1(COCCCCCCOc2c(F)c(F)c(C(=O)[O][BiH])c(F)c2F)COC1.CCC1(COc2c(F)c(F)c(C(=O)[O][BiH])c(F)c2F)COC1.O=C([O][BiH])c1c(F)c(F)c(OCC2CO2)c(F)c1F. The predicted octanol–water partition coefficient (Wildman–Crippen LogP) is 6.61. The third-order valence-electron chi connectivity index (χ3n) is 10.9. The van der Waals surface area contributed by atoms with E-state index in [1.165, 1.54) is 0 Å². The first kappa shape index (κ1) is 59.7. The molecule has 1 atom stereocenters. The summed E-state index contributed by atoms with van der Waals surface area (Å²) >= 11 is -0.516. The second-order valence-electron chi connectivity index (χ2n) is 15.6. The van der Waals surface area contributed by atoms with Crippen molar-refractivity contribution in [2.45, 2.75) is 58.5 Å². The van der Waals surface area contributed by atoms with Crippen molar-refractivity contribution in [1.82, 2.24) is 0 Å². The number of epoxide rings is 1. The van der Waals surface area contributed by atoms with E-state index >= 15 is 0 Å². The van der Waals surface area contributed by atoms with Crippen LogP contribution in [0.4, 0.5) is 52.7 Å². The van der Waals surface area contributed by atoms with Crippen LogP contribution in [-0.2, 0) is 27.4 Å². The van der Waals surface area contributed by atoms with Crippen molar-refractivity contribution >= 4 is 93.4 Å². The topological polar surface area (TPSA) is 147 Å². The summed E-state index contributed by atoms with van der Waals surface area (Å²) in [6, 6.07) is 0. The van der Waals surface area contributed by atoms with Gasteiger partial charge < -0.3 is 9.47 Å². The van der Waals surface area contributed by atoms with E-state index in [0.29, 0.717) is 52.3 Å². The van der Waals surface area contributed by atoms with Gasteiger partial charge in [0, 0.05) is 12.0 Å². The first-order chi connectivity index (χ1) is 33.2. The average Bonchev–Trinajstić information content (AvgIpc) is 4.16. The molecular weight excluding hydrogens is 1570 g/mol. The van der Waals surface area contributed by atoms with E-state index in [1.54, 1.807) is 0 Å². The molecule has 0 spiro atoms. The molecule has 70 heavy (non-hydrogen) atoms. The molecule has 0 amide bonds. The Hall–Kier alpha value is -2.88. The van der Waals surface area contributed by atoms with Crippen LogP contribution in [0.15, 0.2) is 0 Å². The second-order valence-corrected chi connectivity index (χ2v) is 18.0. The van der Waals surface area contributed by atoms with Crippen LogP contribution in [0.25, 0.3) is 0 Å². The fourth-order valence-electron chi connectivity index (χ4n) is 6.15. The van der Waals surface area contributed by atoms with Crippen LogP contribution in [0.3, 0.4) is 0 Å². The summed E-state index contributed by atoms with van der Waals surface area (Å²) in [5.41, 5.74) is -4.47. The van der Waals surface area contributed by atoms with Crippen molar-refractivity contribution in [2.75, 3.05) is 66.1 Å². The molecule has 0 N–H and O–H groups in total. The van der Waals surface area contributed by atoms with Gasteiger partial charge in [0.1, 0.15) is 0 Å². The molecule has 0 aromatic heterocycles. The monoisotopic (exact) mass is 1610 g/mol. The first-order valence-electron chi connectivity index (χ1n) is 20.6. The van der Waals surface area contributed by atoms with Crippen LogP contribution < -0.4 is 14.2 Å². The molecule has 0 aliphatic carbocycles. The van der Waals surface area contributed by atoms with Crippen LogP contribution in [0.1, 0.15) is 83.4 Å². The Morgan fingerprint density at radius 3 is 1.13 bits per heavy atom. The number of carbonyl (C=O) groups is 3. The molecule has 3 saturated heterocycles. The Balaban J connectivity index is 0.000000234. The van der Waals surface area contributed by atoms with Gasteiger partial charge in [0.05, 0.1) is 19.8 Å². The molecule has 3 heterocycles. The van der Waals surface area contributed by atoms with Gasteiger partial charge in [0.25, 0.3) is 0 Å². The summed E-state index contributed by atoms with van der Waals surface area (Å²) in [7, 11) is 0. The van der Waals surface area contributed by atoms with E-state index in [9.17, 15) is 67.1 Å². The van der Waals surface area contributed by atoms with Crippen molar-refractivity contribution in [3.8, 4) is 17.2 Å². The zero-order valence-electron chi connectivity index (χ0n) is 36.7. The van der Waals surface area contributed by atoms with Crippen LogP contribution in [0, 0.1) is 80.6 Å². The van der Waals surface area contributed by atoms with E-state index in [0.717, 1.165) is 32.5 Å². The van der Waals surface area contributed by atoms with Gasteiger partial charge >= 0.3 is 387 Å². The zero-order chi connectivity index (χ0) is 52.1. The maximum atomic E-state index is 13.9. The van der Waals surface area contributed by atoms with Crippen LogP contribution in [0.2, 0.25) is 0 Å². The van der Waals surface area contributed by atoms with Crippen LogP contribution >= 0.6 is 0 Å². The minimum atomic E-state index is -1.84. The number of halogens is 12. The van der Waals surface area contributed by atoms with Crippen LogP contribution in [0.5, 0.6) is 17.2 Å². The van der Waals surface area contributed by atoms with Gasteiger partial charge in [0.15, 0.2) is 0 Å². The Bertz CT molecular complexity index is 2260.